The van der Waals surface area contributed by atoms with Crippen LogP contribution in [0.3, 0.4) is 0 Å². The van der Waals surface area contributed by atoms with Gasteiger partial charge in [-0.25, -0.2) is 8.42 Å². The van der Waals surface area contributed by atoms with Gasteiger partial charge in [-0.2, -0.15) is 4.31 Å². The number of nitrogens with zero attached hydrogens (tertiary/aromatic N) is 1. The maximum atomic E-state index is 11.4. The molecule has 0 saturated carbocycles. The molecule has 0 unspecified atom stereocenters. The maximum Gasteiger partial charge on any atom is 0.211 e. The normalized spacial score (nSPS) is 36.1. The highest BCUT2D eigenvalue weighted by Gasteiger charge is 2.39. The van der Waals surface area contributed by atoms with E-state index in [1.54, 1.807) is 4.31 Å². The van der Waals surface area contributed by atoms with E-state index in [2.05, 4.69) is 5.32 Å². The Morgan fingerprint density at radius 3 is 2.85 bits per heavy atom. The van der Waals surface area contributed by atoms with Crippen molar-refractivity contribution in [1.82, 2.24) is 9.62 Å². The van der Waals surface area contributed by atoms with Crippen molar-refractivity contribution >= 4 is 10.0 Å². The SMILES string of the molecule is CS(=O)(=O)N1CC[C@H]2CCNC[C@H]21. The van der Waals surface area contributed by atoms with Gasteiger partial charge >= 0.3 is 0 Å². The number of fused-ring (bicyclic) bond motifs is 1. The molecule has 2 heterocycles. The highest BCUT2D eigenvalue weighted by Crippen LogP contribution is 2.30. The van der Waals surface area contributed by atoms with Gasteiger partial charge in [0.15, 0.2) is 0 Å². The first kappa shape index (κ1) is 9.43. The van der Waals surface area contributed by atoms with Crippen molar-refractivity contribution in [3.8, 4) is 0 Å². The molecule has 0 bridgehead atoms. The van der Waals surface area contributed by atoms with Crippen LogP contribution in [0.1, 0.15) is 12.8 Å². The molecule has 0 radical (unpaired) electrons. The quantitative estimate of drug-likeness (QED) is 0.634. The average Bonchev–Trinajstić information content (AvgIpc) is 2.45. The molecule has 2 aliphatic rings. The zero-order chi connectivity index (χ0) is 9.47. The predicted octanol–water partition coefficient (Wildman–Crippen LogP) is -0.370. The lowest BCUT2D eigenvalue weighted by Crippen LogP contribution is -2.47. The van der Waals surface area contributed by atoms with Crippen molar-refractivity contribution in [1.29, 1.82) is 0 Å². The minimum absolute atomic E-state index is 0.226. The monoisotopic (exact) mass is 204 g/mol. The van der Waals surface area contributed by atoms with Gasteiger partial charge in [0.1, 0.15) is 0 Å². The third kappa shape index (κ3) is 1.73. The number of hydrogen-bond acceptors (Lipinski definition) is 3. The third-order valence-corrected chi connectivity index (χ3v) is 4.41. The van der Waals surface area contributed by atoms with E-state index >= 15 is 0 Å². The molecule has 76 valence electrons. The smallest absolute Gasteiger partial charge is 0.211 e. The standard InChI is InChI=1S/C8H16N2O2S/c1-13(11,12)10-5-3-7-2-4-9-6-8(7)10/h7-9H,2-6H2,1H3/t7-,8-/m1/s1. The summed E-state index contributed by atoms with van der Waals surface area (Å²) < 4.78 is 24.4. The first-order valence-electron chi connectivity index (χ1n) is 4.76. The van der Waals surface area contributed by atoms with E-state index in [1.165, 1.54) is 6.26 Å². The summed E-state index contributed by atoms with van der Waals surface area (Å²) in [4.78, 5) is 0. The third-order valence-electron chi connectivity index (χ3n) is 3.11. The summed E-state index contributed by atoms with van der Waals surface area (Å²) in [5.74, 6) is 0.593. The molecule has 5 heteroatoms. The van der Waals surface area contributed by atoms with Crippen LogP contribution >= 0.6 is 0 Å². The van der Waals surface area contributed by atoms with Gasteiger partial charge in [-0.3, -0.25) is 0 Å². The Bertz CT molecular complexity index is 289. The molecule has 2 rings (SSSR count). The number of nitrogens with one attached hydrogen (secondary N) is 1. The van der Waals surface area contributed by atoms with Crippen LogP contribution in [0.2, 0.25) is 0 Å². The largest absolute Gasteiger partial charge is 0.315 e. The van der Waals surface area contributed by atoms with Crippen LogP contribution in [0.4, 0.5) is 0 Å². The molecule has 0 aromatic carbocycles. The molecule has 2 aliphatic heterocycles. The second-order valence-electron chi connectivity index (χ2n) is 3.98. The molecule has 2 atom stereocenters. The molecule has 0 aromatic rings. The Morgan fingerprint density at radius 2 is 2.15 bits per heavy atom. The Hall–Kier alpha value is -0.130. The highest BCUT2D eigenvalue weighted by atomic mass is 32.2. The van der Waals surface area contributed by atoms with Crippen molar-refractivity contribution in [2.45, 2.75) is 18.9 Å². The molecular formula is C8H16N2O2S. The summed E-state index contributed by atoms with van der Waals surface area (Å²) in [5.41, 5.74) is 0. The second kappa shape index (κ2) is 3.22. The fourth-order valence-electron chi connectivity index (χ4n) is 2.44. The van der Waals surface area contributed by atoms with Gasteiger partial charge in [-0.1, -0.05) is 0 Å². The average molecular weight is 204 g/mol. The number of piperidine rings is 1. The predicted molar refractivity (Wildman–Crippen MR) is 50.9 cm³/mol. The number of sulfonamides is 1. The van der Waals surface area contributed by atoms with Gasteiger partial charge in [-0.05, 0) is 25.3 Å². The van der Waals surface area contributed by atoms with Crippen molar-refractivity contribution < 1.29 is 8.42 Å². The first-order valence-corrected chi connectivity index (χ1v) is 6.61. The van der Waals surface area contributed by atoms with E-state index in [9.17, 15) is 8.42 Å². The van der Waals surface area contributed by atoms with E-state index < -0.39 is 10.0 Å². The van der Waals surface area contributed by atoms with Crippen LogP contribution < -0.4 is 5.32 Å². The van der Waals surface area contributed by atoms with Gasteiger partial charge in [0.25, 0.3) is 0 Å². The molecule has 1 N–H and O–H groups in total. The summed E-state index contributed by atoms with van der Waals surface area (Å²) >= 11 is 0. The van der Waals surface area contributed by atoms with Crippen LogP contribution in [0.15, 0.2) is 0 Å². The molecule has 0 aliphatic carbocycles. The maximum absolute atomic E-state index is 11.4. The summed E-state index contributed by atoms with van der Waals surface area (Å²) in [6, 6.07) is 0.226. The fraction of sp³-hybridized carbons (Fsp3) is 1.00. The zero-order valence-electron chi connectivity index (χ0n) is 7.86. The molecule has 0 spiro atoms. The summed E-state index contributed by atoms with van der Waals surface area (Å²) in [6.07, 6.45) is 3.47. The lowest BCUT2D eigenvalue weighted by atomic mass is 9.94. The number of hydrogen-bond donors (Lipinski definition) is 1. The van der Waals surface area contributed by atoms with Gasteiger partial charge in [0.2, 0.25) is 10.0 Å². The highest BCUT2D eigenvalue weighted by molar-refractivity contribution is 7.88. The summed E-state index contributed by atoms with van der Waals surface area (Å²) in [7, 11) is -2.98. The van der Waals surface area contributed by atoms with Gasteiger partial charge in [0.05, 0.1) is 6.26 Å². The van der Waals surface area contributed by atoms with Gasteiger partial charge < -0.3 is 5.32 Å². The van der Waals surface area contributed by atoms with Crippen LogP contribution in [-0.2, 0) is 10.0 Å². The Labute approximate surface area is 79.4 Å². The van der Waals surface area contributed by atoms with E-state index in [0.717, 1.165) is 32.5 Å². The number of rotatable bonds is 1. The minimum atomic E-state index is -2.98. The summed E-state index contributed by atoms with van der Waals surface area (Å²) in [5, 5.41) is 3.25. The molecule has 2 fully saturated rings. The topological polar surface area (TPSA) is 49.4 Å². The zero-order valence-corrected chi connectivity index (χ0v) is 8.68. The van der Waals surface area contributed by atoms with Crippen LogP contribution in [0.5, 0.6) is 0 Å². The first-order chi connectivity index (χ1) is 6.09. The van der Waals surface area contributed by atoms with Gasteiger partial charge in [0, 0.05) is 19.1 Å². The molecular weight excluding hydrogens is 188 g/mol. The molecule has 0 aromatic heterocycles. The Kier molecular flexibility index (Phi) is 2.33. The molecule has 0 amide bonds. The lowest BCUT2D eigenvalue weighted by Gasteiger charge is -2.30. The second-order valence-corrected chi connectivity index (χ2v) is 5.92. The van der Waals surface area contributed by atoms with Crippen LogP contribution in [0, 0.1) is 5.92 Å². The van der Waals surface area contributed by atoms with E-state index in [4.69, 9.17) is 0 Å². The van der Waals surface area contributed by atoms with Gasteiger partial charge in [-0.15, -0.1) is 0 Å². The van der Waals surface area contributed by atoms with Crippen LogP contribution in [-0.4, -0.2) is 44.7 Å². The molecule has 13 heavy (non-hydrogen) atoms. The van der Waals surface area contributed by atoms with Crippen molar-refractivity contribution in [2.24, 2.45) is 5.92 Å². The van der Waals surface area contributed by atoms with E-state index in [1.807, 2.05) is 0 Å². The van der Waals surface area contributed by atoms with Crippen LogP contribution in [0.25, 0.3) is 0 Å². The van der Waals surface area contributed by atoms with Crippen molar-refractivity contribution in [3.63, 3.8) is 0 Å². The molecule has 2 saturated heterocycles. The lowest BCUT2D eigenvalue weighted by molar-refractivity contribution is 0.277. The van der Waals surface area contributed by atoms with E-state index in [-0.39, 0.29) is 6.04 Å². The molecule has 4 nitrogen and oxygen atoms in total. The van der Waals surface area contributed by atoms with Crippen molar-refractivity contribution in [2.75, 3.05) is 25.9 Å². The van der Waals surface area contributed by atoms with E-state index in [0.29, 0.717) is 5.92 Å². The minimum Gasteiger partial charge on any atom is -0.315 e. The summed E-state index contributed by atoms with van der Waals surface area (Å²) in [6.45, 7) is 2.59. The Morgan fingerprint density at radius 1 is 1.38 bits per heavy atom. The Balaban J connectivity index is 2.16. The van der Waals surface area contributed by atoms with Crippen molar-refractivity contribution in [3.05, 3.63) is 0 Å². The fourth-order valence-corrected chi connectivity index (χ4v) is 3.62.